The van der Waals surface area contributed by atoms with E-state index in [2.05, 4.69) is 15.8 Å². The zero-order valence-electron chi connectivity index (χ0n) is 22.2. The number of rotatable bonds is 10. The Bertz CT molecular complexity index is 1280. The van der Waals surface area contributed by atoms with Gasteiger partial charge < -0.3 is 19.9 Å². The fraction of sp³-hybridized carbons (Fsp3) is 0.357. The number of nitrogens with one attached hydrogen (secondary N) is 2. The number of nitrogens with zero attached hydrogens (tertiary/aromatic N) is 2. The van der Waals surface area contributed by atoms with Crippen LogP contribution in [0.1, 0.15) is 57.9 Å². The summed E-state index contributed by atoms with van der Waals surface area (Å²) < 4.78 is 10.6. The highest BCUT2D eigenvalue weighted by Crippen LogP contribution is 2.34. The van der Waals surface area contributed by atoms with Gasteiger partial charge in [-0.3, -0.25) is 19.3 Å². The highest BCUT2D eigenvalue weighted by atomic mass is 35.5. The van der Waals surface area contributed by atoms with Gasteiger partial charge in [0.1, 0.15) is 17.6 Å². The minimum atomic E-state index is -1.10. The lowest BCUT2D eigenvalue weighted by Gasteiger charge is -2.34. The molecule has 0 saturated carbocycles. The largest absolute Gasteiger partial charge is 0.494 e. The minimum Gasteiger partial charge on any atom is -0.494 e. The lowest BCUT2D eigenvalue weighted by molar-refractivity contribution is -0.128. The summed E-state index contributed by atoms with van der Waals surface area (Å²) in [5, 5.41) is 9.66. The molecule has 0 unspecified atom stereocenters. The Morgan fingerprint density at radius 3 is 2.45 bits per heavy atom. The van der Waals surface area contributed by atoms with E-state index in [1.54, 1.807) is 61.5 Å². The molecule has 38 heavy (non-hydrogen) atoms. The van der Waals surface area contributed by atoms with E-state index in [4.69, 9.17) is 20.9 Å². The van der Waals surface area contributed by atoms with Crippen molar-refractivity contribution >= 4 is 40.8 Å². The summed E-state index contributed by atoms with van der Waals surface area (Å²) in [5.74, 6) is 0.0745. The summed E-state index contributed by atoms with van der Waals surface area (Å²) in [6, 6.07) is 14.3. The van der Waals surface area contributed by atoms with Gasteiger partial charge in [-0.15, -0.1) is 0 Å². The zero-order chi connectivity index (χ0) is 27.9. The molecule has 0 fully saturated rings. The second-order valence-corrected chi connectivity index (χ2v) is 10.1. The van der Waals surface area contributed by atoms with Crippen molar-refractivity contribution in [2.45, 2.75) is 59.0 Å². The average Bonchev–Trinajstić information content (AvgIpc) is 3.25. The number of aryl methyl sites for hydroxylation is 1. The molecular weight excluding hydrogens is 508 g/mol. The standard InChI is InChI=1S/C28H33ClN4O5/c1-6-37-20-11-9-10-19(17-20)33(25(35)15-14-24(34)30-23-16-18(2)38-32-23)26(27(36)31-28(3,4)5)21-12-7-8-13-22(21)29/h7-13,16-17,26H,6,14-15H2,1-5H3,(H,31,36)(H,30,32,34)/t26-/m1/s1. The Balaban J connectivity index is 2.00. The van der Waals surface area contributed by atoms with Gasteiger partial charge in [-0.05, 0) is 52.8 Å². The third-order valence-corrected chi connectivity index (χ3v) is 5.69. The van der Waals surface area contributed by atoms with E-state index >= 15 is 0 Å². The lowest BCUT2D eigenvalue weighted by Crippen LogP contribution is -2.49. The fourth-order valence-electron chi connectivity index (χ4n) is 3.83. The monoisotopic (exact) mass is 540 g/mol. The van der Waals surface area contributed by atoms with E-state index in [0.29, 0.717) is 34.4 Å². The van der Waals surface area contributed by atoms with Gasteiger partial charge in [0, 0.05) is 46.8 Å². The third kappa shape index (κ3) is 7.82. The third-order valence-electron chi connectivity index (χ3n) is 5.34. The first-order valence-electron chi connectivity index (χ1n) is 12.3. The number of ether oxygens (including phenoxy) is 1. The van der Waals surface area contributed by atoms with Gasteiger partial charge in [-0.1, -0.05) is 41.0 Å². The SMILES string of the molecule is CCOc1cccc(N(C(=O)CCC(=O)Nc2cc(C)on2)[C@@H](C(=O)NC(C)(C)C)c2ccccc2Cl)c1. The van der Waals surface area contributed by atoms with E-state index in [9.17, 15) is 14.4 Å². The topological polar surface area (TPSA) is 114 Å². The van der Waals surface area contributed by atoms with Crippen molar-refractivity contribution in [3.8, 4) is 5.75 Å². The highest BCUT2D eigenvalue weighted by Gasteiger charge is 2.35. The Kier molecular flexibility index (Phi) is 9.52. The molecule has 0 aliphatic carbocycles. The fourth-order valence-corrected chi connectivity index (χ4v) is 4.07. The molecule has 10 heteroatoms. The van der Waals surface area contributed by atoms with Crippen LogP contribution in [0.25, 0.3) is 0 Å². The molecule has 3 aromatic rings. The number of carbonyl (C=O) groups is 3. The van der Waals surface area contributed by atoms with Crippen LogP contribution in [0.3, 0.4) is 0 Å². The number of benzene rings is 2. The molecule has 0 aliphatic heterocycles. The first kappa shape index (κ1) is 28.7. The molecule has 202 valence electrons. The molecule has 0 spiro atoms. The van der Waals surface area contributed by atoms with Crippen molar-refractivity contribution in [2.24, 2.45) is 0 Å². The summed E-state index contributed by atoms with van der Waals surface area (Å²) in [5.41, 5.74) is 0.310. The Morgan fingerprint density at radius 2 is 1.82 bits per heavy atom. The molecular formula is C28H33ClN4O5. The molecule has 1 atom stereocenters. The zero-order valence-corrected chi connectivity index (χ0v) is 23.0. The van der Waals surface area contributed by atoms with Crippen LogP contribution in [-0.2, 0) is 14.4 Å². The maximum Gasteiger partial charge on any atom is 0.248 e. The quantitative estimate of drug-likeness (QED) is 0.354. The first-order chi connectivity index (χ1) is 18.0. The number of carbonyl (C=O) groups excluding carboxylic acids is 3. The van der Waals surface area contributed by atoms with E-state index in [1.807, 2.05) is 27.7 Å². The number of hydrogen-bond donors (Lipinski definition) is 2. The molecule has 9 nitrogen and oxygen atoms in total. The number of halogens is 1. The predicted octanol–water partition coefficient (Wildman–Crippen LogP) is 5.44. The molecule has 0 bridgehead atoms. The van der Waals surface area contributed by atoms with E-state index in [1.165, 1.54) is 4.90 Å². The summed E-state index contributed by atoms with van der Waals surface area (Å²) in [4.78, 5) is 41.5. The number of anilines is 2. The highest BCUT2D eigenvalue weighted by molar-refractivity contribution is 6.31. The van der Waals surface area contributed by atoms with Crippen LogP contribution in [0.15, 0.2) is 59.1 Å². The maximum absolute atomic E-state index is 13.8. The van der Waals surface area contributed by atoms with Gasteiger partial charge in [0.25, 0.3) is 0 Å². The van der Waals surface area contributed by atoms with Gasteiger partial charge in [0.2, 0.25) is 17.7 Å². The van der Waals surface area contributed by atoms with E-state index in [0.717, 1.165) is 0 Å². The second kappa shape index (κ2) is 12.6. The molecule has 3 rings (SSSR count). The van der Waals surface area contributed by atoms with Crippen LogP contribution in [0, 0.1) is 6.92 Å². The first-order valence-corrected chi connectivity index (χ1v) is 12.7. The second-order valence-electron chi connectivity index (χ2n) is 9.73. The Morgan fingerprint density at radius 1 is 1.08 bits per heavy atom. The number of hydrogen-bond acceptors (Lipinski definition) is 6. The van der Waals surface area contributed by atoms with Gasteiger partial charge >= 0.3 is 0 Å². The van der Waals surface area contributed by atoms with Crippen LogP contribution >= 0.6 is 11.6 Å². The van der Waals surface area contributed by atoms with Crippen LogP contribution in [-0.4, -0.2) is 35.0 Å². The Labute approximate surface area is 227 Å². The molecule has 0 radical (unpaired) electrons. The summed E-state index contributed by atoms with van der Waals surface area (Å²) in [6.45, 7) is 9.55. The lowest BCUT2D eigenvalue weighted by atomic mass is 10.00. The summed E-state index contributed by atoms with van der Waals surface area (Å²) in [6.07, 6.45) is -0.312. The molecule has 1 aromatic heterocycles. The summed E-state index contributed by atoms with van der Waals surface area (Å²) >= 11 is 6.55. The summed E-state index contributed by atoms with van der Waals surface area (Å²) in [7, 11) is 0. The van der Waals surface area contributed by atoms with Crippen molar-refractivity contribution in [3.63, 3.8) is 0 Å². The number of aromatic nitrogens is 1. The maximum atomic E-state index is 13.8. The number of amides is 3. The van der Waals surface area contributed by atoms with Crippen molar-refractivity contribution in [3.05, 3.63) is 70.9 Å². The van der Waals surface area contributed by atoms with Gasteiger partial charge in [-0.2, -0.15) is 0 Å². The smallest absolute Gasteiger partial charge is 0.248 e. The van der Waals surface area contributed by atoms with Gasteiger partial charge in [0.05, 0.1) is 6.61 Å². The molecule has 2 aromatic carbocycles. The minimum absolute atomic E-state index is 0.136. The van der Waals surface area contributed by atoms with Crippen LogP contribution in [0.5, 0.6) is 5.75 Å². The normalized spacial score (nSPS) is 11.9. The van der Waals surface area contributed by atoms with Gasteiger partial charge in [0.15, 0.2) is 5.82 Å². The van der Waals surface area contributed by atoms with Crippen LogP contribution in [0.2, 0.25) is 5.02 Å². The molecule has 1 heterocycles. The van der Waals surface area contributed by atoms with E-state index in [-0.39, 0.29) is 18.7 Å². The Hall–Kier alpha value is -3.85. The van der Waals surface area contributed by atoms with Crippen molar-refractivity contribution < 1.29 is 23.6 Å². The molecule has 3 amide bonds. The predicted molar refractivity (Wildman–Crippen MR) is 146 cm³/mol. The van der Waals surface area contributed by atoms with Crippen LogP contribution < -0.4 is 20.3 Å². The molecule has 0 aliphatic rings. The molecule has 2 N–H and O–H groups in total. The van der Waals surface area contributed by atoms with Crippen molar-refractivity contribution in [2.75, 3.05) is 16.8 Å². The van der Waals surface area contributed by atoms with Crippen molar-refractivity contribution in [1.29, 1.82) is 0 Å². The van der Waals surface area contributed by atoms with E-state index < -0.39 is 29.3 Å². The van der Waals surface area contributed by atoms with Gasteiger partial charge in [-0.25, -0.2) is 0 Å². The van der Waals surface area contributed by atoms with Crippen LogP contribution in [0.4, 0.5) is 11.5 Å². The average molecular weight is 541 g/mol. The van der Waals surface area contributed by atoms with Crippen molar-refractivity contribution in [1.82, 2.24) is 10.5 Å². The molecule has 0 saturated heterocycles.